The maximum Gasteiger partial charge on any atom is 0.418 e. The second-order valence-electron chi connectivity index (χ2n) is 7.24. The van der Waals surface area contributed by atoms with Crippen LogP contribution in [0.2, 0.25) is 0 Å². The van der Waals surface area contributed by atoms with Gasteiger partial charge in [0.15, 0.2) is 11.4 Å². The Morgan fingerprint density at radius 1 is 1.25 bits per heavy atom. The Kier molecular flexibility index (Phi) is 4.17. The van der Waals surface area contributed by atoms with Gasteiger partial charge in [0, 0.05) is 18.0 Å². The summed E-state index contributed by atoms with van der Waals surface area (Å²) in [6, 6.07) is 1.97. The number of hydrogen-bond acceptors (Lipinski definition) is 3. The van der Waals surface area contributed by atoms with Crippen molar-refractivity contribution in [2.75, 3.05) is 33.0 Å². The Labute approximate surface area is 157 Å². The quantitative estimate of drug-likeness (QED) is 0.687. The number of aromatic amines is 1. The van der Waals surface area contributed by atoms with Crippen molar-refractivity contribution < 1.29 is 27.0 Å². The lowest BCUT2D eigenvalue weighted by atomic mass is 10.0. The van der Waals surface area contributed by atoms with E-state index in [2.05, 4.69) is 9.98 Å². The molecule has 3 aliphatic rings. The van der Waals surface area contributed by atoms with Crippen molar-refractivity contribution in [3.63, 3.8) is 0 Å². The molecule has 1 N–H and O–H groups in total. The maximum absolute atomic E-state index is 13.3. The summed E-state index contributed by atoms with van der Waals surface area (Å²) in [4.78, 5) is 6.91. The molecule has 0 spiro atoms. The fourth-order valence-electron chi connectivity index (χ4n) is 3.96. The molecule has 5 rings (SSSR count). The minimum absolute atomic E-state index is 0.0749. The zero-order chi connectivity index (χ0) is 19.3. The van der Waals surface area contributed by atoms with Crippen molar-refractivity contribution >= 4 is 11.6 Å². The number of rotatable bonds is 1. The molecule has 0 radical (unpaired) electrons. The third-order valence-corrected chi connectivity index (χ3v) is 5.45. The van der Waals surface area contributed by atoms with Gasteiger partial charge in [-0.15, -0.1) is 0 Å². The summed E-state index contributed by atoms with van der Waals surface area (Å²) >= 11 is 0. The molecular formula is C19H19F3N4O2. The fraction of sp³-hybridized carbons (Fsp3) is 0.474. The molecule has 0 unspecified atom stereocenters. The zero-order valence-electron chi connectivity index (χ0n) is 15.1. The van der Waals surface area contributed by atoms with Crippen LogP contribution in [0.3, 0.4) is 0 Å². The van der Waals surface area contributed by atoms with Crippen LogP contribution in [0.25, 0.3) is 11.6 Å². The summed E-state index contributed by atoms with van der Waals surface area (Å²) in [6.07, 6.45) is -0.201. The predicted octanol–water partition coefficient (Wildman–Crippen LogP) is -0.153. The fourth-order valence-corrected chi connectivity index (χ4v) is 3.96. The summed E-state index contributed by atoms with van der Waals surface area (Å²) in [5.74, 6) is 0.226. The van der Waals surface area contributed by atoms with E-state index < -0.39 is 11.7 Å². The third-order valence-electron chi connectivity index (χ3n) is 5.45. The second kappa shape index (κ2) is 6.59. The first-order chi connectivity index (χ1) is 13.5. The van der Waals surface area contributed by atoms with E-state index in [-0.39, 0.29) is 23.2 Å². The van der Waals surface area contributed by atoms with E-state index in [1.54, 1.807) is 6.08 Å². The molecule has 5 heterocycles. The minimum atomic E-state index is -4.43. The zero-order valence-corrected chi connectivity index (χ0v) is 15.1. The van der Waals surface area contributed by atoms with Crippen LogP contribution >= 0.6 is 0 Å². The average molecular weight is 392 g/mol. The summed E-state index contributed by atoms with van der Waals surface area (Å²) in [5.41, 5.74) is 2.34. The molecule has 0 aromatic carbocycles. The summed E-state index contributed by atoms with van der Waals surface area (Å²) < 4.78 is 52.7. The molecule has 2 fully saturated rings. The number of halogens is 3. The van der Waals surface area contributed by atoms with E-state index in [1.807, 2.05) is 10.4 Å². The lowest BCUT2D eigenvalue weighted by Crippen LogP contribution is -2.36. The monoisotopic (exact) mass is 392 g/mol. The molecule has 0 amide bonds. The topological polar surface area (TPSA) is 66.6 Å². The molecule has 6 nitrogen and oxygen atoms in total. The predicted molar refractivity (Wildman–Crippen MR) is 91.2 cm³/mol. The summed E-state index contributed by atoms with van der Waals surface area (Å²) in [6.45, 7) is 2.80. The van der Waals surface area contributed by atoms with Gasteiger partial charge in [0.05, 0.1) is 37.7 Å². The minimum Gasteiger partial charge on any atom is -0.404 e. The van der Waals surface area contributed by atoms with Gasteiger partial charge in [-0.05, 0) is 24.1 Å². The first-order valence-corrected chi connectivity index (χ1v) is 9.28. The van der Waals surface area contributed by atoms with Crippen molar-refractivity contribution in [1.29, 1.82) is 0 Å². The highest BCUT2D eigenvalue weighted by atomic mass is 19.4. The molecular weight excluding hydrogens is 373 g/mol. The lowest BCUT2D eigenvalue weighted by molar-refractivity contribution is -0.603. The standard InChI is InChI=1S/C19H19F3N4O2/c20-19(21,22)15-8-24-18-14(15)5-12(7-23-18)16-6-17(11-1-3-27-9-11)26(25-16)13-2-4-28-10-13/h5-6,8,11H,1-4,7,9-10H2,(H,23,24)/b16-12?,26-13+/t11-/m1/s1. The first kappa shape index (κ1) is 17.7. The first-order valence-electron chi connectivity index (χ1n) is 9.28. The van der Waals surface area contributed by atoms with E-state index in [0.717, 1.165) is 30.4 Å². The molecule has 3 aliphatic heterocycles. The molecule has 9 heteroatoms. The molecule has 1 atom stereocenters. The molecule has 2 aromatic rings. The number of nitrogens with zero attached hydrogens (tertiary/aromatic N) is 3. The van der Waals surface area contributed by atoms with Gasteiger partial charge in [0.25, 0.3) is 0 Å². The SMILES string of the molecule is FC(F)(F)c1c[nH]c2c1=CC(=c1cc([C@@H]3CCOC3)/[n+](=C3/CCOC3)[n-]1)CN=2. The van der Waals surface area contributed by atoms with Crippen LogP contribution in [0.4, 0.5) is 13.2 Å². The number of aromatic nitrogens is 3. The van der Waals surface area contributed by atoms with Gasteiger partial charge in [-0.1, -0.05) is 5.35 Å². The van der Waals surface area contributed by atoms with Gasteiger partial charge < -0.3 is 19.6 Å². The third kappa shape index (κ3) is 2.98. The summed E-state index contributed by atoms with van der Waals surface area (Å²) in [7, 11) is 0. The Hall–Kier alpha value is -2.39. The van der Waals surface area contributed by atoms with Gasteiger partial charge in [0.1, 0.15) is 12.1 Å². The van der Waals surface area contributed by atoms with E-state index in [1.165, 1.54) is 0 Å². The van der Waals surface area contributed by atoms with E-state index >= 15 is 0 Å². The van der Waals surface area contributed by atoms with Crippen LogP contribution in [0.5, 0.6) is 0 Å². The number of hydrogen-bond donors (Lipinski definition) is 1. The normalized spacial score (nSPS) is 26.2. The van der Waals surface area contributed by atoms with Crippen molar-refractivity contribution in [3.8, 4) is 0 Å². The van der Waals surface area contributed by atoms with Gasteiger partial charge in [-0.2, -0.15) is 13.2 Å². The van der Waals surface area contributed by atoms with Crippen molar-refractivity contribution in [1.82, 2.24) is 10.1 Å². The van der Waals surface area contributed by atoms with E-state index in [0.29, 0.717) is 37.3 Å². The van der Waals surface area contributed by atoms with Crippen LogP contribution in [0.15, 0.2) is 17.3 Å². The van der Waals surface area contributed by atoms with Crippen molar-refractivity contribution in [3.05, 3.63) is 45.3 Å². The molecule has 0 aliphatic carbocycles. The smallest absolute Gasteiger partial charge is 0.404 e. The largest absolute Gasteiger partial charge is 0.418 e. The Morgan fingerprint density at radius 3 is 2.86 bits per heavy atom. The van der Waals surface area contributed by atoms with Gasteiger partial charge in [-0.25, -0.2) is 4.36 Å². The highest BCUT2D eigenvalue weighted by molar-refractivity contribution is 5.77. The van der Waals surface area contributed by atoms with Crippen LogP contribution in [-0.4, -0.2) is 38.0 Å². The molecule has 28 heavy (non-hydrogen) atoms. The van der Waals surface area contributed by atoms with E-state index in [9.17, 15) is 13.2 Å². The molecule has 148 valence electrons. The molecule has 0 bridgehead atoms. The second-order valence-corrected chi connectivity index (χ2v) is 7.24. The number of H-pyrrole nitrogens is 1. The maximum atomic E-state index is 13.3. The number of fused-ring (bicyclic) bond motifs is 1. The van der Waals surface area contributed by atoms with Crippen molar-refractivity contribution in [2.45, 2.75) is 24.9 Å². The van der Waals surface area contributed by atoms with Crippen molar-refractivity contribution in [2.24, 2.45) is 4.99 Å². The Bertz CT molecular complexity index is 1150. The van der Waals surface area contributed by atoms with Gasteiger partial charge in [-0.3, -0.25) is 4.99 Å². The summed E-state index contributed by atoms with van der Waals surface area (Å²) in [5, 5.41) is 5.47. The molecule has 2 saturated heterocycles. The van der Waals surface area contributed by atoms with Gasteiger partial charge in [0.2, 0.25) is 0 Å². The Balaban J connectivity index is 1.72. The highest BCUT2D eigenvalue weighted by Gasteiger charge is 2.33. The highest BCUT2D eigenvalue weighted by Crippen LogP contribution is 2.26. The Morgan fingerprint density at radius 2 is 2.14 bits per heavy atom. The molecule has 2 aromatic heterocycles. The van der Waals surface area contributed by atoms with Crippen LogP contribution in [0.1, 0.15) is 30.0 Å². The number of nitrogens with one attached hydrogen (secondary N) is 1. The van der Waals surface area contributed by atoms with E-state index in [4.69, 9.17) is 14.6 Å². The lowest BCUT2D eigenvalue weighted by Gasteiger charge is -2.06. The number of alkyl halides is 3. The number of ether oxygens (including phenoxy) is 2. The van der Waals surface area contributed by atoms with Gasteiger partial charge >= 0.3 is 6.18 Å². The van der Waals surface area contributed by atoms with Crippen LogP contribution < -0.4 is 25.5 Å². The molecule has 0 saturated carbocycles. The van der Waals surface area contributed by atoms with Crippen LogP contribution in [-0.2, 0) is 15.7 Å². The van der Waals surface area contributed by atoms with Crippen LogP contribution in [0, 0.1) is 5.71 Å². The average Bonchev–Trinajstić information content (AvgIpc) is 3.46.